The van der Waals surface area contributed by atoms with E-state index in [1.54, 1.807) is 38.5 Å². The molecule has 0 bridgehead atoms. The Morgan fingerprint density at radius 2 is 1.95 bits per heavy atom. The number of rotatable bonds is 4. The number of carbonyl (C=O) groups is 1. The van der Waals surface area contributed by atoms with E-state index in [4.69, 9.17) is 13.9 Å². The minimum atomic E-state index is -0.349. The molecule has 1 amide bonds. The van der Waals surface area contributed by atoms with Crippen LogP contribution < -0.4 is 14.8 Å². The van der Waals surface area contributed by atoms with Crippen molar-refractivity contribution in [3.63, 3.8) is 0 Å². The van der Waals surface area contributed by atoms with Crippen molar-refractivity contribution in [1.29, 1.82) is 0 Å². The van der Waals surface area contributed by atoms with Crippen molar-refractivity contribution in [3.8, 4) is 11.5 Å². The molecule has 0 aliphatic carbocycles. The number of carbonyl (C=O) groups excluding carboxylic acids is 1. The lowest BCUT2D eigenvalue weighted by Gasteiger charge is -2.14. The molecule has 0 saturated carbocycles. The summed E-state index contributed by atoms with van der Waals surface area (Å²) in [6, 6.07) is 6.74. The van der Waals surface area contributed by atoms with E-state index in [1.165, 1.54) is 0 Å². The van der Waals surface area contributed by atoms with Crippen molar-refractivity contribution in [2.24, 2.45) is 0 Å². The lowest BCUT2D eigenvalue weighted by molar-refractivity contribution is 0.0995. The minimum Gasteiger partial charge on any atom is -0.496 e. The number of ether oxygens (including phenoxy) is 2. The Bertz CT molecular complexity index is 636. The number of nitrogens with one attached hydrogen (secondary N) is 1. The van der Waals surface area contributed by atoms with Gasteiger partial charge in [-0.05, 0) is 47.1 Å². The van der Waals surface area contributed by atoms with E-state index in [2.05, 4.69) is 21.2 Å². The number of hydrogen-bond acceptors (Lipinski definition) is 4. The largest absolute Gasteiger partial charge is 0.496 e. The molecule has 0 fully saturated rings. The molecule has 20 heavy (non-hydrogen) atoms. The number of halogens is 1. The van der Waals surface area contributed by atoms with Crippen molar-refractivity contribution < 1.29 is 18.7 Å². The van der Waals surface area contributed by atoms with Crippen LogP contribution >= 0.6 is 15.9 Å². The van der Waals surface area contributed by atoms with Crippen LogP contribution in [0.1, 0.15) is 16.1 Å². The monoisotopic (exact) mass is 339 g/mol. The number of amides is 1. The maximum atomic E-state index is 12.0. The molecule has 0 atom stereocenters. The SMILES string of the molecule is COc1ccc(NC(=O)c2ccc(Br)o2)c(OC)c1C. The third kappa shape index (κ3) is 2.80. The van der Waals surface area contributed by atoms with Crippen LogP contribution in [0.3, 0.4) is 0 Å². The third-order valence-corrected chi connectivity index (χ3v) is 3.25. The Balaban J connectivity index is 2.29. The number of benzene rings is 1. The van der Waals surface area contributed by atoms with E-state index >= 15 is 0 Å². The Labute approximate surface area is 125 Å². The van der Waals surface area contributed by atoms with Crippen molar-refractivity contribution in [1.82, 2.24) is 0 Å². The van der Waals surface area contributed by atoms with Gasteiger partial charge in [-0.25, -0.2) is 0 Å². The Hall–Kier alpha value is -1.95. The van der Waals surface area contributed by atoms with Gasteiger partial charge in [0, 0.05) is 5.56 Å². The zero-order valence-corrected chi connectivity index (χ0v) is 12.9. The van der Waals surface area contributed by atoms with Gasteiger partial charge in [0.2, 0.25) is 0 Å². The smallest absolute Gasteiger partial charge is 0.291 e. The molecule has 0 aliphatic rings. The summed E-state index contributed by atoms with van der Waals surface area (Å²) in [5, 5.41) is 2.75. The molecule has 2 aromatic rings. The molecular weight excluding hydrogens is 326 g/mol. The van der Waals surface area contributed by atoms with E-state index < -0.39 is 0 Å². The van der Waals surface area contributed by atoms with E-state index in [1.807, 2.05) is 6.92 Å². The van der Waals surface area contributed by atoms with Crippen LogP contribution in [0.25, 0.3) is 0 Å². The molecular formula is C14H14BrNO4. The molecule has 0 unspecified atom stereocenters. The van der Waals surface area contributed by atoms with Gasteiger partial charge >= 0.3 is 0 Å². The topological polar surface area (TPSA) is 60.7 Å². The number of anilines is 1. The first-order valence-corrected chi connectivity index (χ1v) is 6.64. The zero-order chi connectivity index (χ0) is 14.7. The molecule has 2 rings (SSSR count). The second-order valence-corrected chi connectivity index (χ2v) is 4.81. The van der Waals surface area contributed by atoms with E-state index in [-0.39, 0.29) is 11.7 Å². The maximum Gasteiger partial charge on any atom is 0.291 e. The Morgan fingerprint density at radius 1 is 1.20 bits per heavy atom. The van der Waals surface area contributed by atoms with E-state index in [0.29, 0.717) is 21.9 Å². The van der Waals surface area contributed by atoms with Crippen LogP contribution in [0.2, 0.25) is 0 Å². The highest BCUT2D eigenvalue weighted by atomic mass is 79.9. The number of methoxy groups -OCH3 is 2. The van der Waals surface area contributed by atoms with E-state index in [0.717, 1.165) is 5.56 Å². The van der Waals surface area contributed by atoms with Crippen LogP contribution in [0.15, 0.2) is 33.4 Å². The quantitative estimate of drug-likeness (QED) is 0.924. The molecule has 1 heterocycles. The molecule has 1 aromatic heterocycles. The van der Waals surface area contributed by atoms with Crippen LogP contribution in [0.5, 0.6) is 11.5 Å². The van der Waals surface area contributed by atoms with Gasteiger partial charge in [0.15, 0.2) is 10.4 Å². The summed E-state index contributed by atoms with van der Waals surface area (Å²) in [6.45, 7) is 1.86. The maximum absolute atomic E-state index is 12.0. The van der Waals surface area contributed by atoms with Crippen molar-refractivity contribution >= 4 is 27.5 Å². The molecule has 0 spiro atoms. The summed E-state index contributed by atoms with van der Waals surface area (Å²) >= 11 is 3.16. The molecule has 5 nitrogen and oxygen atoms in total. The molecule has 1 aromatic carbocycles. The summed E-state index contributed by atoms with van der Waals surface area (Å²) in [5.41, 5.74) is 1.37. The predicted octanol–water partition coefficient (Wildman–Crippen LogP) is 3.62. The molecule has 106 valence electrons. The Morgan fingerprint density at radius 3 is 2.50 bits per heavy atom. The molecule has 1 N–H and O–H groups in total. The van der Waals surface area contributed by atoms with Crippen molar-refractivity contribution in [3.05, 3.63) is 40.3 Å². The van der Waals surface area contributed by atoms with Crippen molar-refractivity contribution in [2.45, 2.75) is 6.92 Å². The highest BCUT2D eigenvalue weighted by Gasteiger charge is 2.16. The fraction of sp³-hybridized carbons (Fsp3) is 0.214. The molecule has 0 aliphatic heterocycles. The fourth-order valence-corrected chi connectivity index (χ4v) is 2.18. The third-order valence-electron chi connectivity index (χ3n) is 2.83. The van der Waals surface area contributed by atoms with Gasteiger partial charge in [-0.15, -0.1) is 0 Å². The van der Waals surface area contributed by atoms with Gasteiger partial charge in [0.05, 0.1) is 19.9 Å². The first-order chi connectivity index (χ1) is 9.56. The second kappa shape index (κ2) is 6.00. The van der Waals surface area contributed by atoms with Crippen molar-refractivity contribution in [2.75, 3.05) is 19.5 Å². The first-order valence-electron chi connectivity index (χ1n) is 5.85. The van der Waals surface area contributed by atoms with Gasteiger partial charge in [-0.3, -0.25) is 4.79 Å². The summed E-state index contributed by atoms with van der Waals surface area (Å²) < 4.78 is 16.2. The highest BCUT2D eigenvalue weighted by Crippen LogP contribution is 2.35. The highest BCUT2D eigenvalue weighted by molar-refractivity contribution is 9.10. The van der Waals surface area contributed by atoms with Crippen LogP contribution in [-0.2, 0) is 0 Å². The normalized spacial score (nSPS) is 10.2. The van der Waals surface area contributed by atoms with Gasteiger partial charge < -0.3 is 19.2 Å². The van der Waals surface area contributed by atoms with Gasteiger partial charge in [-0.1, -0.05) is 0 Å². The molecule has 6 heteroatoms. The lowest BCUT2D eigenvalue weighted by atomic mass is 10.1. The second-order valence-electron chi connectivity index (χ2n) is 4.03. The van der Waals surface area contributed by atoms with Gasteiger partial charge in [0.1, 0.15) is 11.5 Å². The summed E-state index contributed by atoms with van der Waals surface area (Å²) in [6.07, 6.45) is 0. The van der Waals surface area contributed by atoms with Crippen LogP contribution in [0.4, 0.5) is 5.69 Å². The zero-order valence-electron chi connectivity index (χ0n) is 11.3. The van der Waals surface area contributed by atoms with Crippen LogP contribution in [0, 0.1) is 6.92 Å². The van der Waals surface area contributed by atoms with Gasteiger partial charge in [0.25, 0.3) is 5.91 Å². The summed E-state index contributed by atoms with van der Waals surface area (Å²) in [5.74, 6) is 1.12. The number of hydrogen-bond donors (Lipinski definition) is 1. The average Bonchev–Trinajstić information content (AvgIpc) is 2.86. The van der Waals surface area contributed by atoms with Gasteiger partial charge in [-0.2, -0.15) is 0 Å². The number of furan rings is 1. The lowest BCUT2D eigenvalue weighted by Crippen LogP contribution is -2.12. The summed E-state index contributed by atoms with van der Waals surface area (Å²) in [4.78, 5) is 12.0. The molecule has 0 radical (unpaired) electrons. The fourth-order valence-electron chi connectivity index (χ4n) is 1.88. The van der Waals surface area contributed by atoms with Crippen LogP contribution in [-0.4, -0.2) is 20.1 Å². The average molecular weight is 340 g/mol. The predicted molar refractivity (Wildman–Crippen MR) is 78.6 cm³/mol. The first kappa shape index (κ1) is 14.5. The summed E-state index contributed by atoms with van der Waals surface area (Å²) in [7, 11) is 3.13. The minimum absolute atomic E-state index is 0.215. The Kier molecular flexibility index (Phi) is 4.34. The standard InChI is InChI=1S/C14H14BrNO4/c1-8-10(18-2)5-4-9(13(8)19-3)16-14(17)11-6-7-12(15)20-11/h4-7H,1-3H3,(H,16,17). The van der Waals surface area contributed by atoms with E-state index in [9.17, 15) is 4.79 Å². The molecule has 0 saturated heterocycles.